The van der Waals surface area contributed by atoms with E-state index in [0.717, 1.165) is 38.4 Å². The molecular formula is C13H19N3O3. The molecule has 6 heteroatoms. The van der Waals surface area contributed by atoms with Gasteiger partial charge in [0, 0.05) is 19.7 Å². The van der Waals surface area contributed by atoms with Gasteiger partial charge in [0.05, 0.1) is 13.2 Å². The van der Waals surface area contributed by atoms with E-state index >= 15 is 0 Å². The van der Waals surface area contributed by atoms with Gasteiger partial charge in [0.2, 0.25) is 0 Å². The smallest absolute Gasteiger partial charge is 0.358 e. The molecule has 2 rings (SSSR count). The summed E-state index contributed by atoms with van der Waals surface area (Å²) in [6.45, 7) is 4.49. The summed E-state index contributed by atoms with van der Waals surface area (Å²) in [5.41, 5.74) is 0.226. The Hall–Kier alpha value is -1.69. The number of hydrogen-bond donors (Lipinski definition) is 0. The monoisotopic (exact) mass is 265 g/mol. The van der Waals surface area contributed by atoms with Crippen molar-refractivity contribution < 1.29 is 14.3 Å². The maximum absolute atomic E-state index is 11.3. The van der Waals surface area contributed by atoms with Gasteiger partial charge >= 0.3 is 5.97 Å². The second-order valence-electron chi connectivity index (χ2n) is 4.43. The number of anilines is 1. The van der Waals surface area contributed by atoms with Gasteiger partial charge < -0.3 is 14.4 Å². The Labute approximate surface area is 112 Å². The Morgan fingerprint density at radius 1 is 1.47 bits per heavy atom. The van der Waals surface area contributed by atoms with Crippen molar-refractivity contribution >= 4 is 11.8 Å². The number of rotatable bonds is 4. The second-order valence-corrected chi connectivity index (χ2v) is 4.43. The lowest BCUT2D eigenvalue weighted by atomic mass is 10.1. The Morgan fingerprint density at radius 3 is 2.95 bits per heavy atom. The summed E-state index contributed by atoms with van der Waals surface area (Å²) in [6, 6.07) is 3.44. The molecule has 0 N–H and O–H groups in total. The number of aromatic nitrogens is 2. The molecule has 0 aliphatic carbocycles. The molecule has 0 radical (unpaired) electrons. The van der Waals surface area contributed by atoms with Gasteiger partial charge in [-0.3, -0.25) is 0 Å². The number of carbonyl (C=O) groups is 1. The summed E-state index contributed by atoms with van der Waals surface area (Å²) in [4.78, 5) is 13.4. The summed E-state index contributed by atoms with van der Waals surface area (Å²) < 4.78 is 10.2. The van der Waals surface area contributed by atoms with Gasteiger partial charge in [-0.15, -0.1) is 10.2 Å². The highest BCUT2D eigenvalue weighted by Gasteiger charge is 2.21. The van der Waals surface area contributed by atoms with E-state index in [0.29, 0.717) is 0 Å². The highest BCUT2D eigenvalue weighted by molar-refractivity contribution is 5.86. The van der Waals surface area contributed by atoms with Crippen molar-refractivity contribution in [2.45, 2.75) is 25.9 Å². The topological polar surface area (TPSA) is 64.5 Å². The number of nitrogens with zero attached hydrogens (tertiary/aromatic N) is 3. The number of esters is 1. The molecule has 1 aromatic heterocycles. The van der Waals surface area contributed by atoms with E-state index in [4.69, 9.17) is 4.74 Å². The minimum Gasteiger partial charge on any atom is -0.464 e. The Kier molecular flexibility index (Phi) is 4.68. The summed E-state index contributed by atoms with van der Waals surface area (Å²) in [5, 5.41) is 7.97. The molecule has 104 valence electrons. The number of hydrogen-bond acceptors (Lipinski definition) is 6. The van der Waals surface area contributed by atoms with E-state index in [9.17, 15) is 4.79 Å². The van der Waals surface area contributed by atoms with Crippen LogP contribution in [0.3, 0.4) is 0 Å². The zero-order valence-corrected chi connectivity index (χ0v) is 11.3. The van der Waals surface area contributed by atoms with Crippen molar-refractivity contribution in [2.24, 2.45) is 0 Å². The number of carbonyl (C=O) groups excluding carboxylic acids is 1. The van der Waals surface area contributed by atoms with E-state index in [2.05, 4.69) is 19.8 Å². The third-order valence-electron chi connectivity index (χ3n) is 3.15. The highest BCUT2D eigenvalue weighted by Crippen LogP contribution is 2.19. The van der Waals surface area contributed by atoms with Crippen LogP contribution in [0.2, 0.25) is 0 Å². The van der Waals surface area contributed by atoms with Gasteiger partial charge in [0.25, 0.3) is 0 Å². The largest absolute Gasteiger partial charge is 0.464 e. The van der Waals surface area contributed by atoms with Crippen molar-refractivity contribution in [3.8, 4) is 0 Å². The van der Waals surface area contributed by atoms with E-state index in [1.807, 2.05) is 6.92 Å². The van der Waals surface area contributed by atoms with Crippen LogP contribution in [0.5, 0.6) is 0 Å². The molecule has 1 aliphatic rings. The van der Waals surface area contributed by atoms with Gasteiger partial charge in [-0.05, 0) is 31.9 Å². The van der Waals surface area contributed by atoms with Crippen molar-refractivity contribution in [1.82, 2.24) is 10.2 Å². The van der Waals surface area contributed by atoms with Crippen LogP contribution >= 0.6 is 0 Å². The minimum atomic E-state index is -0.468. The minimum absolute atomic E-state index is 0.226. The summed E-state index contributed by atoms with van der Waals surface area (Å²) in [5.74, 6) is 0.307. The van der Waals surface area contributed by atoms with Crippen LogP contribution in [0.1, 0.15) is 30.3 Å². The molecule has 1 saturated heterocycles. The number of piperidine rings is 1. The van der Waals surface area contributed by atoms with E-state index < -0.39 is 5.97 Å². The van der Waals surface area contributed by atoms with Crippen molar-refractivity contribution in [1.29, 1.82) is 0 Å². The third kappa shape index (κ3) is 3.41. The first-order valence-corrected chi connectivity index (χ1v) is 6.53. The van der Waals surface area contributed by atoms with Crippen LogP contribution in [-0.2, 0) is 9.47 Å². The molecule has 2 heterocycles. The molecular weight excluding hydrogens is 246 g/mol. The molecule has 1 unspecified atom stereocenters. The van der Waals surface area contributed by atoms with Gasteiger partial charge in [0.15, 0.2) is 11.5 Å². The van der Waals surface area contributed by atoms with Crippen molar-refractivity contribution in [3.05, 3.63) is 17.8 Å². The fourth-order valence-corrected chi connectivity index (χ4v) is 2.23. The van der Waals surface area contributed by atoms with Crippen LogP contribution in [0.15, 0.2) is 12.1 Å². The average Bonchev–Trinajstić information content (AvgIpc) is 2.47. The summed E-state index contributed by atoms with van der Waals surface area (Å²) in [7, 11) is 1.33. The third-order valence-corrected chi connectivity index (χ3v) is 3.15. The Balaban J connectivity index is 2.03. The van der Waals surface area contributed by atoms with Crippen LogP contribution in [0, 0.1) is 0 Å². The van der Waals surface area contributed by atoms with E-state index in [1.165, 1.54) is 7.11 Å². The lowest BCUT2D eigenvalue weighted by molar-refractivity contribution is 0.0524. The maximum Gasteiger partial charge on any atom is 0.358 e. The molecule has 1 atom stereocenters. The van der Waals surface area contributed by atoms with Gasteiger partial charge in [0.1, 0.15) is 0 Å². The quantitative estimate of drug-likeness (QED) is 0.764. The molecule has 1 fully saturated rings. The zero-order chi connectivity index (χ0) is 13.7. The first-order chi connectivity index (χ1) is 9.24. The Morgan fingerprint density at radius 2 is 2.32 bits per heavy atom. The van der Waals surface area contributed by atoms with Gasteiger partial charge in [-0.2, -0.15) is 0 Å². The van der Waals surface area contributed by atoms with Crippen LogP contribution in [0.25, 0.3) is 0 Å². The number of methoxy groups -OCH3 is 1. The fraction of sp³-hybridized carbons (Fsp3) is 0.615. The fourth-order valence-electron chi connectivity index (χ4n) is 2.23. The predicted molar refractivity (Wildman–Crippen MR) is 70.2 cm³/mol. The molecule has 0 amide bonds. The first kappa shape index (κ1) is 13.7. The van der Waals surface area contributed by atoms with Gasteiger partial charge in [-0.1, -0.05) is 0 Å². The normalized spacial score (nSPS) is 19.3. The van der Waals surface area contributed by atoms with Crippen LogP contribution in [0.4, 0.5) is 5.82 Å². The average molecular weight is 265 g/mol. The second kappa shape index (κ2) is 6.47. The first-order valence-electron chi connectivity index (χ1n) is 6.53. The molecule has 0 bridgehead atoms. The number of ether oxygens (including phenoxy) is 2. The lowest BCUT2D eigenvalue weighted by Crippen LogP contribution is -2.40. The standard InChI is InChI=1S/C13H19N3O3/c1-3-19-10-5-4-8-16(9-10)12-7-6-11(14-15-12)13(17)18-2/h6-7,10H,3-5,8-9H2,1-2H3. The molecule has 19 heavy (non-hydrogen) atoms. The van der Waals surface area contributed by atoms with Gasteiger partial charge in [-0.25, -0.2) is 4.79 Å². The predicted octanol–water partition coefficient (Wildman–Crippen LogP) is 1.27. The van der Waals surface area contributed by atoms with Crippen molar-refractivity contribution in [2.75, 3.05) is 31.7 Å². The molecule has 0 aromatic carbocycles. The molecule has 1 aromatic rings. The Bertz CT molecular complexity index is 420. The lowest BCUT2D eigenvalue weighted by Gasteiger charge is -2.32. The summed E-state index contributed by atoms with van der Waals surface area (Å²) in [6.07, 6.45) is 2.41. The van der Waals surface area contributed by atoms with Crippen LogP contribution in [-0.4, -0.2) is 49.1 Å². The molecule has 1 aliphatic heterocycles. The van der Waals surface area contributed by atoms with Crippen LogP contribution < -0.4 is 4.90 Å². The zero-order valence-electron chi connectivity index (χ0n) is 11.3. The van der Waals surface area contributed by atoms with E-state index in [1.54, 1.807) is 12.1 Å². The molecule has 0 spiro atoms. The molecule has 0 saturated carbocycles. The van der Waals surface area contributed by atoms with Crippen molar-refractivity contribution in [3.63, 3.8) is 0 Å². The van der Waals surface area contributed by atoms with E-state index in [-0.39, 0.29) is 11.8 Å². The maximum atomic E-state index is 11.3. The SMILES string of the molecule is CCOC1CCCN(c2ccc(C(=O)OC)nn2)C1. The highest BCUT2D eigenvalue weighted by atomic mass is 16.5. The summed E-state index contributed by atoms with van der Waals surface area (Å²) >= 11 is 0. The molecule has 6 nitrogen and oxygen atoms in total.